The lowest BCUT2D eigenvalue weighted by atomic mass is 10.2. The van der Waals surface area contributed by atoms with E-state index in [4.69, 9.17) is 4.74 Å². The van der Waals surface area contributed by atoms with Crippen molar-refractivity contribution in [2.24, 2.45) is 0 Å². The van der Waals surface area contributed by atoms with Crippen molar-refractivity contribution in [3.63, 3.8) is 0 Å². The zero-order valence-electron chi connectivity index (χ0n) is 8.74. The summed E-state index contributed by atoms with van der Waals surface area (Å²) in [5, 5.41) is 0. The zero-order chi connectivity index (χ0) is 11.1. The molecule has 0 N–H and O–H groups in total. The lowest BCUT2D eigenvalue weighted by molar-refractivity contribution is -0.136. The third-order valence-electron chi connectivity index (χ3n) is 1.68. The Balaban J connectivity index is 2.83. The van der Waals surface area contributed by atoms with Crippen LogP contribution in [0.15, 0.2) is 24.3 Å². The van der Waals surface area contributed by atoms with E-state index in [1.807, 2.05) is 12.1 Å². The van der Waals surface area contributed by atoms with Crippen LogP contribution < -0.4 is 4.74 Å². The molecule has 0 spiro atoms. The number of hydrogen-bond acceptors (Lipinski definition) is 3. The van der Waals surface area contributed by atoms with Crippen LogP contribution in [0.3, 0.4) is 0 Å². The molecule has 0 saturated carbocycles. The number of esters is 1. The molecule has 0 radical (unpaired) electrons. The molecular weight excluding hydrogens is 192 g/mol. The van der Waals surface area contributed by atoms with Gasteiger partial charge in [0.15, 0.2) is 0 Å². The Kier molecular flexibility index (Phi) is 4.24. The second-order valence-electron chi connectivity index (χ2n) is 2.67. The fourth-order valence-corrected chi connectivity index (χ4v) is 1.03. The van der Waals surface area contributed by atoms with Crippen molar-refractivity contribution in [3.8, 4) is 17.6 Å². The van der Waals surface area contributed by atoms with E-state index >= 15 is 0 Å². The maximum atomic E-state index is 11.0. The lowest BCUT2D eigenvalue weighted by Gasteiger charge is -2.00. The molecule has 0 fully saturated rings. The predicted molar refractivity (Wildman–Crippen MR) is 56.5 cm³/mol. The number of rotatable bonds is 2. The van der Waals surface area contributed by atoms with E-state index in [1.54, 1.807) is 26.2 Å². The molecule has 0 heterocycles. The van der Waals surface area contributed by atoms with Crippen LogP contribution in [-0.4, -0.2) is 19.7 Å². The van der Waals surface area contributed by atoms with E-state index in [0.717, 1.165) is 0 Å². The second kappa shape index (κ2) is 5.71. The van der Waals surface area contributed by atoms with Crippen molar-refractivity contribution in [2.75, 3.05) is 13.7 Å². The molecule has 0 bridgehead atoms. The van der Waals surface area contributed by atoms with Gasteiger partial charge < -0.3 is 9.47 Å². The van der Waals surface area contributed by atoms with Crippen molar-refractivity contribution in [2.45, 2.75) is 6.92 Å². The SMILES string of the molecule is CCOC(=O)C#Cc1ccccc1OC. The number of para-hydroxylation sites is 1. The first-order valence-electron chi connectivity index (χ1n) is 4.59. The van der Waals surface area contributed by atoms with Crippen LogP contribution in [0.25, 0.3) is 0 Å². The van der Waals surface area contributed by atoms with Crippen LogP contribution in [0.4, 0.5) is 0 Å². The number of hydrogen-bond donors (Lipinski definition) is 0. The van der Waals surface area contributed by atoms with Crippen LogP contribution in [0.5, 0.6) is 5.75 Å². The summed E-state index contributed by atoms with van der Waals surface area (Å²) in [6.45, 7) is 2.07. The Morgan fingerprint density at radius 1 is 1.40 bits per heavy atom. The first kappa shape index (κ1) is 11.1. The van der Waals surface area contributed by atoms with E-state index < -0.39 is 5.97 Å². The molecule has 0 atom stereocenters. The van der Waals surface area contributed by atoms with Gasteiger partial charge in [-0.3, -0.25) is 0 Å². The largest absolute Gasteiger partial charge is 0.495 e. The average Bonchev–Trinajstić information content (AvgIpc) is 2.27. The highest BCUT2D eigenvalue weighted by Crippen LogP contribution is 2.15. The van der Waals surface area contributed by atoms with Gasteiger partial charge in [-0.15, -0.1) is 0 Å². The first-order valence-corrected chi connectivity index (χ1v) is 4.59. The highest BCUT2D eigenvalue weighted by atomic mass is 16.5. The quantitative estimate of drug-likeness (QED) is 0.542. The van der Waals surface area contributed by atoms with Crippen LogP contribution in [-0.2, 0) is 9.53 Å². The third-order valence-corrected chi connectivity index (χ3v) is 1.68. The van der Waals surface area contributed by atoms with Gasteiger partial charge in [0.1, 0.15) is 5.75 Å². The minimum Gasteiger partial charge on any atom is -0.495 e. The molecule has 0 amide bonds. The zero-order valence-corrected chi connectivity index (χ0v) is 8.74. The Bertz CT molecular complexity index is 399. The Morgan fingerprint density at radius 2 is 2.13 bits per heavy atom. The smallest absolute Gasteiger partial charge is 0.384 e. The summed E-state index contributed by atoms with van der Waals surface area (Å²) in [5.74, 6) is 5.21. The molecule has 1 aromatic rings. The highest BCUT2D eigenvalue weighted by Gasteiger charge is 1.98. The van der Waals surface area contributed by atoms with Gasteiger partial charge in [0, 0.05) is 5.92 Å². The predicted octanol–water partition coefficient (Wildman–Crippen LogP) is 1.61. The normalized spacial score (nSPS) is 8.67. The number of carbonyl (C=O) groups is 1. The maximum absolute atomic E-state index is 11.0. The van der Waals surface area contributed by atoms with Crippen molar-refractivity contribution in [1.82, 2.24) is 0 Å². The molecule has 0 aliphatic heterocycles. The molecule has 0 aromatic heterocycles. The van der Waals surface area contributed by atoms with Crippen molar-refractivity contribution < 1.29 is 14.3 Å². The van der Waals surface area contributed by atoms with Crippen molar-refractivity contribution >= 4 is 5.97 Å². The molecule has 0 unspecified atom stereocenters. The van der Waals surface area contributed by atoms with Gasteiger partial charge in [-0.05, 0) is 19.1 Å². The molecule has 0 aliphatic rings. The molecule has 3 heteroatoms. The van der Waals surface area contributed by atoms with E-state index in [2.05, 4.69) is 16.6 Å². The fraction of sp³-hybridized carbons (Fsp3) is 0.250. The minimum absolute atomic E-state index is 0.333. The monoisotopic (exact) mass is 204 g/mol. The summed E-state index contributed by atoms with van der Waals surface area (Å²) in [5.41, 5.74) is 0.674. The summed E-state index contributed by atoms with van der Waals surface area (Å²) in [7, 11) is 1.56. The van der Waals surface area contributed by atoms with E-state index in [0.29, 0.717) is 17.9 Å². The van der Waals surface area contributed by atoms with Crippen LogP contribution >= 0.6 is 0 Å². The molecule has 0 aliphatic carbocycles. The standard InChI is InChI=1S/C12H12O3/c1-3-15-12(13)9-8-10-6-4-5-7-11(10)14-2/h4-7H,3H2,1-2H3. The number of benzene rings is 1. The highest BCUT2D eigenvalue weighted by molar-refractivity contribution is 5.89. The molecule has 0 saturated heterocycles. The summed E-state index contributed by atoms with van der Waals surface area (Å²) in [6.07, 6.45) is 0. The molecule has 1 rings (SSSR count). The molecular formula is C12H12O3. The fourth-order valence-electron chi connectivity index (χ4n) is 1.03. The van der Waals surface area contributed by atoms with Gasteiger partial charge >= 0.3 is 5.97 Å². The van der Waals surface area contributed by atoms with Crippen LogP contribution in [0.1, 0.15) is 12.5 Å². The van der Waals surface area contributed by atoms with E-state index in [-0.39, 0.29) is 0 Å². The molecule has 3 nitrogen and oxygen atoms in total. The summed E-state index contributed by atoms with van der Waals surface area (Å²) in [4.78, 5) is 11.0. The van der Waals surface area contributed by atoms with Crippen LogP contribution in [0, 0.1) is 11.8 Å². The van der Waals surface area contributed by atoms with E-state index in [9.17, 15) is 4.79 Å². The molecule has 15 heavy (non-hydrogen) atoms. The Labute approximate surface area is 89.0 Å². The van der Waals surface area contributed by atoms with Gasteiger partial charge in [0.25, 0.3) is 0 Å². The van der Waals surface area contributed by atoms with Crippen LogP contribution in [0.2, 0.25) is 0 Å². The topological polar surface area (TPSA) is 35.5 Å². The Morgan fingerprint density at radius 3 is 2.80 bits per heavy atom. The summed E-state index contributed by atoms with van der Waals surface area (Å²) < 4.78 is 9.77. The van der Waals surface area contributed by atoms with Crippen molar-refractivity contribution in [3.05, 3.63) is 29.8 Å². The van der Waals surface area contributed by atoms with Gasteiger partial charge in [-0.25, -0.2) is 4.79 Å². The molecule has 78 valence electrons. The number of ether oxygens (including phenoxy) is 2. The summed E-state index contributed by atoms with van der Waals surface area (Å²) in [6, 6.07) is 7.24. The van der Waals surface area contributed by atoms with Gasteiger partial charge in [0.05, 0.1) is 19.3 Å². The van der Waals surface area contributed by atoms with Gasteiger partial charge in [-0.1, -0.05) is 18.1 Å². The lowest BCUT2D eigenvalue weighted by Crippen LogP contribution is -1.99. The minimum atomic E-state index is -0.525. The number of methoxy groups -OCH3 is 1. The van der Waals surface area contributed by atoms with E-state index in [1.165, 1.54) is 0 Å². The Hall–Kier alpha value is -1.95. The first-order chi connectivity index (χ1) is 7.27. The second-order valence-corrected chi connectivity index (χ2v) is 2.67. The maximum Gasteiger partial charge on any atom is 0.384 e. The van der Waals surface area contributed by atoms with Gasteiger partial charge in [-0.2, -0.15) is 0 Å². The average molecular weight is 204 g/mol. The summed E-state index contributed by atoms with van der Waals surface area (Å²) >= 11 is 0. The van der Waals surface area contributed by atoms with Gasteiger partial charge in [0.2, 0.25) is 0 Å². The number of carbonyl (C=O) groups excluding carboxylic acids is 1. The van der Waals surface area contributed by atoms with Crippen molar-refractivity contribution in [1.29, 1.82) is 0 Å². The molecule has 1 aromatic carbocycles. The third kappa shape index (κ3) is 3.35.